The molecule has 3 nitrogen and oxygen atoms in total. The number of ether oxygens (including phenoxy) is 1. The summed E-state index contributed by atoms with van der Waals surface area (Å²) in [5, 5.41) is 3.38. The van der Waals surface area contributed by atoms with E-state index in [1.807, 2.05) is 13.0 Å². The molecule has 18 heavy (non-hydrogen) atoms. The third-order valence-corrected chi connectivity index (χ3v) is 3.51. The van der Waals surface area contributed by atoms with Crippen LogP contribution in [-0.2, 0) is 14.9 Å². The highest BCUT2D eigenvalue weighted by Gasteiger charge is 2.43. The molecule has 3 heteroatoms. The van der Waals surface area contributed by atoms with Crippen LogP contribution in [0, 0.1) is 0 Å². The molecule has 0 aromatic heterocycles. The maximum Gasteiger partial charge on any atom is 0.307 e. The highest BCUT2D eigenvalue weighted by Crippen LogP contribution is 2.47. The van der Waals surface area contributed by atoms with E-state index in [9.17, 15) is 4.79 Å². The zero-order valence-corrected chi connectivity index (χ0v) is 10.9. The molecule has 2 rings (SSSR count). The van der Waals surface area contributed by atoms with Gasteiger partial charge in [0.25, 0.3) is 0 Å². The predicted molar refractivity (Wildman–Crippen MR) is 71.5 cm³/mol. The zero-order valence-electron chi connectivity index (χ0n) is 10.9. The quantitative estimate of drug-likeness (QED) is 0.593. The number of carbonyl (C=O) groups is 1. The molecule has 0 amide bonds. The first-order chi connectivity index (χ1) is 8.77. The minimum atomic E-state index is -0.116. The second-order valence-electron chi connectivity index (χ2n) is 4.88. The molecule has 98 valence electrons. The van der Waals surface area contributed by atoms with Crippen LogP contribution in [0.4, 0.5) is 0 Å². The lowest BCUT2D eigenvalue weighted by Gasteiger charge is -2.16. The summed E-state index contributed by atoms with van der Waals surface area (Å²) in [7, 11) is 0. The maximum absolute atomic E-state index is 11.2. The van der Waals surface area contributed by atoms with Gasteiger partial charge in [0.2, 0.25) is 0 Å². The lowest BCUT2D eigenvalue weighted by Crippen LogP contribution is -2.29. The molecular weight excluding hydrogens is 226 g/mol. The number of rotatable bonds is 7. The zero-order chi connectivity index (χ0) is 12.8. The monoisotopic (exact) mass is 247 g/mol. The van der Waals surface area contributed by atoms with Gasteiger partial charge in [-0.2, -0.15) is 0 Å². The molecule has 1 saturated carbocycles. The fourth-order valence-corrected chi connectivity index (χ4v) is 2.26. The molecule has 1 fully saturated rings. The first-order valence-electron chi connectivity index (χ1n) is 6.69. The number of esters is 1. The molecule has 0 heterocycles. The highest BCUT2D eigenvalue weighted by atomic mass is 16.5. The van der Waals surface area contributed by atoms with Crippen molar-refractivity contribution in [2.75, 3.05) is 19.7 Å². The van der Waals surface area contributed by atoms with Crippen molar-refractivity contribution in [3.8, 4) is 0 Å². The second-order valence-corrected chi connectivity index (χ2v) is 4.88. The van der Waals surface area contributed by atoms with Crippen molar-refractivity contribution in [3.05, 3.63) is 35.9 Å². The summed E-state index contributed by atoms with van der Waals surface area (Å²) in [4.78, 5) is 11.2. The summed E-state index contributed by atoms with van der Waals surface area (Å²) >= 11 is 0. The molecule has 1 aliphatic carbocycles. The molecule has 0 aliphatic heterocycles. The van der Waals surface area contributed by atoms with Crippen molar-refractivity contribution in [1.82, 2.24) is 5.32 Å². The largest absolute Gasteiger partial charge is 0.466 e. The van der Waals surface area contributed by atoms with E-state index in [1.165, 1.54) is 18.4 Å². The normalized spacial score (nSPS) is 16.3. The fourth-order valence-electron chi connectivity index (χ4n) is 2.26. The minimum Gasteiger partial charge on any atom is -0.466 e. The Hall–Kier alpha value is -1.35. The summed E-state index contributed by atoms with van der Waals surface area (Å²) in [5.74, 6) is -0.116. The van der Waals surface area contributed by atoms with Crippen LogP contribution in [0.5, 0.6) is 0 Å². The van der Waals surface area contributed by atoms with Gasteiger partial charge in [-0.3, -0.25) is 4.79 Å². The van der Waals surface area contributed by atoms with E-state index in [4.69, 9.17) is 4.74 Å². The van der Waals surface area contributed by atoms with E-state index in [2.05, 4.69) is 29.6 Å². The third-order valence-electron chi connectivity index (χ3n) is 3.51. The molecule has 1 aromatic carbocycles. The molecule has 0 bridgehead atoms. The van der Waals surface area contributed by atoms with Gasteiger partial charge in [0.15, 0.2) is 0 Å². The van der Waals surface area contributed by atoms with Crippen molar-refractivity contribution >= 4 is 5.97 Å². The summed E-state index contributed by atoms with van der Waals surface area (Å²) in [5.41, 5.74) is 1.73. The van der Waals surface area contributed by atoms with E-state index >= 15 is 0 Å². The van der Waals surface area contributed by atoms with Crippen LogP contribution in [0.2, 0.25) is 0 Å². The van der Waals surface area contributed by atoms with Crippen molar-refractivity contribution in [2.24, 2.45) is 0 Å². The van der Waals surface area contributed by atoms with E-state index in [1.54, 1.807) is 0 Å². The Morgan fingerprint density at radius 1 is 1.33 bits per heavy atom. The van der Waals surface area contributed by atoms with Crippen LogP contribution < -0.4 is 5.32 Å². The molecule has 0 radical (unpaired) electrons. The van der Waals surface area contributed by atoms with Gasteiger partial charge < -0.3 is 10.1 Å². The van der Waals surface area contributed by atoms with Crippen LogP contribution in [0.3, 0.4) is 0 Å². The highest BCUT2D eigenvalue weighted by molar-refractivity contribution is 5.69. The molecule has 0 unspecified atom stereocenters. The molecule has 1 aliphatic rings. The Morgan fingerprint density at radius 2 is 2.06 bits per heavy atom. The molecule has 0 atom stereocenters. The number of nitrogens with one attached hydrogen (secondary N) is 1. The lowest BCUT2D eigenvalue weighted by atomic mass is 9.96. The van der Waals surface area contributed by atoms with Gasteiger partial charge in [0, 0.05) is 18.5 Å². The SMILES string of the molecule is CCOC(=O)CCNCC1(c2ccccc2)CC1. The Morgan fingerprint density at radius 3 is 2.67 bits per heavy atom. The maximum atomic E-state index is 11.2. The Bertz CT molecular complexity index is 385. The summed E-state index contributed by atoms with van der Waals surface area (Å²) in [6, 6.07) is 10.6. The lowest BCUT2D eigenvalue weighted by molar-refractivity contribution is -0.142. The number of carbonyl (C=O) groups excluding carboxylic acids is 1. The van der Waals surface area contributed by atoms with Crippen LogP contribution in [0.1, 0.15) is 31.7 Å². The Labute approximate surface area is 109 Å². The van der Waals surface area contributed by atoms with Crippen molar-refractivity contribution in [3.63, 3.8) is 0 Å². The van der Waals surface area contributed by atoms with E-state index in [0.717, 1.165) is 6.54 Å². The summed E-state index contributed by atoms with van der Waals surface area (Å²) < 4.78 is 4.90. The summed E-state index contributed by atoms with van der Waals surface area (Å²) in [6.45, 7) is 3.95. The smallest absolute Gasteiger partial charge is 0.307 e. The van der Waals surface area contributed by atoms with E-state index in [0.29, 0.717) is 25.0 Å². The van der Waals surface area contributed by atoms with Gasteiger partial charge in [-0.25, -0.2) is 0 Å². The third kappa shape index (κ3) is 3.33. The summed E-state index contributed by atoms with van der Waals surface area (Å²) in [6.07, 6.45) is 2.94. The minimum absolute atomic E-state index is 0.116. The van der Waals surface area contributed by atoms with Crippen LogP contribution >= 0.6 is 0 Å². The first-order valence-corrected chi connectivity index (χ1v) is 6.69. The van der Waals surface area contributed by atoms with Crippen LogP contribution in [0.25, 0.3) is 0 Å². The topological polar surface area (TPSA) is 38.3 Å². The Balaban J connectivity index is 1.73. The molecule has 1 N–H and O–H groups in total. The van der Waals surface area contributed by atoms with Crippen LogP contribution in [-0.4, -0.2) is 25.7 Å². The fraction of sp³-hybridized carbons (Fsp3) is 0.533. The van der Waals surface area contributed by atoms with Crippen molar-refractivity contribution in [1.29, 1.82) is 0 Å². The average Bonchev–Trinajstić information content (AvgIpc) is 3.17. The molecule has 0 spiro atoms. The van der Waals surface area contributed by atoms with Gasteiger partial charge in [0.05, 0.1) is 13.0 Å². The van der Waals surface area contributed by atoms with Gasteiger partial charge >= 0.3 is 5.97 Å². The van der Waals surface area contributed by atoms with Crippen molar-refractivity contribution in [2.45, 2.75) is 31.6 Å². The first kappa shape index (κ1) is 13.1. The van der Waals surface area contributed by atoms with Gasteiger partial charge in [-0.15, -0.1) is 0 Å². The standard InChI is InChI=1S/C15H21NO2/c1-2-18-14(17)8-11-16-12-15(9-10-15)13-6-4-3-5-7-13/h3-7,16H,2,8-12H2,1H3. The van der Waals surface area contributed by atoms with Gasteiger partial charge in [-0.05, 0) is 25.3 Å². The van der Waals surface area contributed by atoms with Crippen LogP contribution in [0.15, 0.2) is 30.3 Å². The van der Waals surface area contributed by atoms with Crippen molar-refractivity contribution < 1.29 is 9.53 Å². The van der Waals surface area contributed by atoms with E-state index in [-0.39, 0.29) is 5.97 Å². The number of hydrogen-bond donors (Lipinski definition) is 1. The van der Waals surface area contributed by atoms with Gasteiger partial charge in [-0.1, -0.05) is 30.3 Å². The molecule has 0 saturated heterocycles. The number of hydrogen-bond acceptors (Lipinski definition) is 3. The predicted octanol–water partition coefficient (Wildman–Crippen LogP) is 2.26. The second kappa shape index (κ2) is 6.01. The van der Waals surface area contributed by atoms with E-state index < -0.39 is 0 Å². The average molecular weight is 247 g/mol. The molecule has 1 aromatic rings. The Kier molecular flexibility index (Phi) is 4.37. The number of benzene rings is 1. The van der Waals surface area contributed by atoms with Gasteiger partial charge in [0.1, 0.15) is 0 Å². The molecular formula is C15H21NO2.